The lowest BCUT2D eigenvalue weighted by molar-refractivity contribution is -0.121. The van der Waals surface area contributed by atoms with Gasteiger partial charge in [-0.05, 0) is 67.9 Å². The number of likely N-dealkylation sites (tertiary alicyclic amines) is 1. The third-order valence-electron chi connectivity index (χ3n) is 4.82. The molecule has 0 unspecified atom stereocenters. The predicted octanol–water partition coefficient (Wildman–Crippen LogP) is 4.60. The van der Waals surface area contributed by atoms with Crippen molar-refractivity contribution in [1.29, 1.82) is 0 Å². The third-order valence-corrected chi connectivity index (χ3v) is 6.20. The van der Waals surface area contributed by atoms with Crippen LogP contribution in [-0.2, 0) is 11.2 Å². The van der Waals surface area contributed by atoms with Crippen LogP contribution in [0.15, 0.2) is 35.7 Å². The van der Waals surface area contributed by atoms with Crippen molar-refractivity contribution in [3.8, 4) is 0 Å². The van der Waals surface area contributed by atoms with Crippen molar-refractivity contribution in [2.24, 2.45) is 0 Å². The molecular formula is C20H25ClN2OS. The van der Waals surface area contributed by atoms with Crippen molar-refractivity contribution in [1.82, 2.24) is 10.2 Å². The molecule has 1 aromatic carbocycles. The predicted molar refractivity (Wildman–Crippen MR) is 105 cm³/mol. The lowest BCUT2D eigenvalue weighted by Crippen LogP contribution is -2.36. The fraction of sp³-hybridized carbons (Fsp3) is 0.450. The van der Waals surface area contributed by atoms with E-state index < -0.39 is 0 Å². The number of rotatable bonds is 7. The molecule has 1 amide bonds. The molecular weight excluding hydrogens is 352 g/mol. The van der Waals surface area contributed by atoms with Crippen molar-refractivity contribution in [3.63, 3.8) is 0 Å². The second-order valence-electron chi connectivity index (χ2n) is 6.66. The summed E-state index contributed by atoms with van der Waals surface area (Å²) >= 11 is 7.93. The van der Waals surface area contributed by atoms with Gasteiger partial charge in [-0.1, -0.05) is 29.8 Å². The Labute approximate surface area is 159 Å². The molecule has 0 radical (unpaired) electrons. The minimum atomic E-state index is 0.109. The number of thiophene rings is 1. The maximum Gasteiger partial charge on any atom is 0.220 e. The first-order chi connectivity index (χ1) is 12.1. The fourth-order valence-electron chi connectivity index (χ4n) is 3.29. The van der Waals surface area contributed by atoms with Gasteiger partial charge < -0.3 is 5.32 Å². The smallest absolute Gasteiger partial charge is 0.220 e. The van der Waals surface area contributed by atoms with Gasteiger partial charge in [0.25, 0.3) is 0 Å². The Morgan fingerprint density at radius 2 is 2.12 bits per heavy atom. The molecule has 2 aromatic rings. The van der Waals surface area contributed by atoms with Crippen LogP contribution in [-0.4, -0.2) is 30.4 Å². The Balaban J connectivity index is 1.51. The number of nitrogens with one attached hydrogen (secondary N) is 1. The first-order valence-corrected chi connectivity index (χ1v) is 10.2. The minimum Gasteiger partial charge on any atom is -0.354 e. The van der Waals surface area contributed by atoms with Crippen LogP contribution in [0.25, 0.3) is 0 Å². The highest BCUT2D eigenvalue weighted by Crippen LogP contribution is 2.27. The molecule has 0 bridgehead atoms. The summed E-state index contributed by atoms with van der Waals surface area (Å²) in [5, 5.41) is 6.02. The SMILES string of the molecule is Cc1ccc(CCC(=O)NC[C@@H](c2cccs2)N2CCCC2)cc1Cl. The first kappa shape index (κ1) is 18.4. The molecule has 0 saturated carbocycles. The fourth-order valence-corrected chi connectivity index (χ4v) is 4.36. The number of hydrogen-bond donors (Lipinski definition) is 1. The molecule has 1 N–H and O–H groups in total. The summed E-state index contributed by atoms with van der Waals surface area (Å²) in [6.45, 7) is 4.93. The van der Waals surface area contributed by atoms with Crippen LogP contribution in [0.5, 0.6) is 0 Å². The van der Waals surface area contributed by atoms with Crippen molar-refractivity contribution in [2.75, 3.05) is 19.6 Å². The van der Waals surface area contributed by atoms with Gasteiger partial charge in [-0.3, -0.25) is 9.69 Å². The molecule has 0 aliphatic carbocycles. The molecule has 2 heterocycles. The van der Waals surface area contributed by atoms with Crippen LogP contribution in [0.4, 0.5) is 0 Å². The number of nitrogens with zero attached hydrogens (tertiary/aromatic N) is 1. The van der Waals surface area contributed by atoms with E-state index in [0.717, 1.165) is 35.7 Å². The molecule has 134 valence electrons. The summed E-state index contributed by atoms with van der Waals surface area (Å²) in [5.41, 5.74) is 2.18. The van der Waals surface area contributed by atoms with Crippen LogP contribution < -0.4 is 5.32 Å². The third kappa shape index (κ3) is 5.06. The van der Waals surface area contributed by atoms with Gasteiger partial charge in [0.05, 0.1) is 6.04 Å². The Morgan fingerprint density at radius 3 is 2.80 bits per heavy atom. The van der Waals surface area contributed by atoms with E-state index in [0.29, 0.717) is 19.0 Å². The zero-order valence-corrected chi connectivity index (χ0v) is 16.2. The highest BCUT2D eigenvalue weighted by atomic mass is 35.5. The maximum atomic E-state index is 12.3. The monoisotopic (exact) mass is 376 g/mol. The zero-order valence-electron chi connectivity index (χ0n) is 14.6. The number of carbonyl (C=O) groups is 1. The van der Waals surface area contributed by atoms with Crippen LogP contribution >= 0.6 is 22.9 Å². The van der Waals surface area contributed by atoms with E-state index in [9.17, 15) is 4.79 Å². The summed E-state index contributed by atoms with van der Waals surface area (Å²) < 4.78 is 0. The molecule has 0 spiro atoms. The molecule has 3 nitrogen and oxygen atoms in total. The largest absolute Gasteiger partial charge is 0.354 e. The van der Waals surface area contributed by atoms with Crippen molar-refractivity contribution >= 4 is 28.8 Å². The van der Waals surface area contributed by atoms with Gasteiger partial charge in [-0.2, -0.15) is 0 Å². The Kier molecular flexibility index (Phi) is 6.51. The lowest BCUT2D eigenvalue weighted by Gasteiger charge is -2.27. The molecule has 3 rings (SSSR count). The maximum absolute atomic E-state index is 12.3. The highest BCUT2D eigenvalue weighted by Gasteiger charge is 2.24. The molecule has 1 aromatic heterocycles. The molecule has 1 atom stereocenters. The highest BCUT2D eigenvalue weighted by molar-refractivity contribution is 7.10. The quantitative estimate of drug-likeness (QED) is 0.766. The van der Waals surface area contributed by atoms with Crippen LogP contribution in [0.3, 0.4) is 0 Å². The van der Waals surface area contributed by atoms with Gasteiger partial charge in [0.15, 0.2) is 0 Å². The molecule has 1 fully saturated rings. The van der Waals surface area contributed by atoms with Gasteiger partial charge in [-0.25, -0.2) is 0 Å². The molecule has 25 heavy (non-hydrogen) atoms. The summed E-state index contributed by atoms with van der Waals surface area (Å²) in [7, 11) is 0. The van der Waals surface area contributed by atoms with E-state index >= 15 is 0 Å². The van der Waals surface area contributed by atoms with Gasteiger partial charge in [0.1, 0.15) is 0 Å². The van der Waals surface area contributed by atoms with Gasteiger partial charge >= 0.3 is 0 Å². The molecule has 5 heteroatoms. The normalized spacial score (nSPS) is 16.1. The zero-order chi connectivity index (χ0) is 17.6. The van der Waals surface area contributed by atoms with E-state index in [4.69, 9.17) is 11.6 Å². The molecule has 1 saturated heterocycles. The second kappa shape index (κ2) is 8.84. The number of halogens is 1. The average molecular weight is 377 g/mol. The summed E-state index contributed by atoms with van der Waals surface area (Å²) in [5.74, 6) is 0.109. The van der Waals surface area contributed by atoms with E-state index in [1.807, 2.05) is 25.1 Å². The number of aryl methyl sites for hydroxylation is 2. The first-order valence-electron chi connectivity index (χ1n) is 8.92. The summed E-state index contributed by atoms with van der Waals surface area (Å²) in [6, 6.07) is 10.6. The van der Waals surface area contributed by atoms with E-state index in [2.05, 4.69) is 27.7 Å². The summed E-state index contributed by atoms with van der Waals surface area (Å²) in [6.07, 6.45) is 3.73. The topological polar surface area (TPSA) is 32.3 Å². The van der Waals surface area contributed by atoms with E-state index in [-0.39, 0.29) is 5.91 Å². The van der Waals surface area contributed by atoms with Gasteiger partial charge in [0.2, 0.25) is 5.91 Å². The van der Waals surface area contributed by atoms with Crippen molar-refractivity contribution in [2.45, 2.75) is 38.6 Å². The van der Waals surface area contributed by atoms with Crippen LogP contribution in [0.1, 0.15) is 41.3 Å². The van der Waals surface area contributed by atoms with Gasteiger partial charge in [0, 0.05) is 22.9 Å². The second-order valence-corrected chi connectivity index (χ2v) is 8.05. The molecule has 1 aliphatic rings. The van der Waals surface area contributed by atoms with E-state index in [1.54, 1.807) is 11.3 Å². The number of benzene rings is 1. The Bertz CT molecular complexity index is 696. The van der Waals surface area contributed by atoms with Crippen molar-refractivity contribution in [3.05, 3.63) is 56.7 Å². The minimum absolute atomic E-state index is 0.109. The van der Waals surface area contributed by atoms with Crippen LogP contribution in [0.2, 0.25) is 5.02 Å². The average Bonchev–Trinajstić information content (AvgIpc) is 3.30. The Morgan fingerprint density at radius 1 is 1.32 bits per heavy atom. The van der Waals surface area contributed by atoms with E-state index in [1.165, 1.54) is 17.7 Å². The number of amides is 1. The number of hydrogen-bond acceptors (Lipinski definition) is 3. The van der Waals surface area contributed by atoms with Crippen molar-refractivity contribution < 1.29 is 4.79 Å². The molecule has 1 aliphatic heterocycles. The number of carbonyl (C=O) groups excluding carboxylic acids is 1. The van der Waals surface area contributed by atoms with Gasteiger partial charge in [-0.15, -0.1) is 11.3 Å². The standard InChI is InChI=1S/C20H25ClN2OS/c1-15-6-7-16(13-17(15)21)8-9-20(24)22-14-18(19-5-4-12-25-19)23-10-2-3-11-23/h4-7,12-13,18H,2-3,8-11,14H2,1H3,(H,22,24)/t18-/m0/s1. The lowest BCUT2D eigenvalue weighted by atomic mass is 10.1. The Hall–Kier alpha value is -1.36. The van der Waals surface area contributed by atoms with Crippen LogP contribution in [0, 0.1) is 6.92 Å². The summed E-state index contributed by atoms with van der Waals surface area (Å²) in [4.78, 5) is 16.1.